The van der Waals surface area contributed by atoms with Gasteiger partial charge in [-0.2, -0.15) is 0 Å². The van der Waals surface area contributed by atoms with Gasteiger partial charge in [-0.05, 0) is 40.5 Å². The highest BCUT2D eigenvalue weighted by Gasteiger charge is 2.16. The van der Waals surface area contributed by atoms with Crippen molar-refractivity contribution in [2.45, 2.75) is 6.92 Å². The van der Waals surface area contributed by atoms with E-state index in [-0.39, 0.29) is 16.3 Å². The molecule has 0 aliphatic carbocycles. The van der Waals surface area contributed by atoms with Crippen molar-refractivity contribution in [3.05, 3.63) is 67.1 Å². The van der Waals surface area contributed by atoms with Crippen LogP contribution in [0.1, 0.15) is 15.9 Å². The summed E-state index contributed by atoms with van der Waals surface area (Å²) in [7, 11) is 0. The summed E-state index contributed by atoms with van der Waals surface area (Å²) >= 11 is 9.32. The molecular weight excluding hydrogens is 360 g/mol. The molecule has 108 valence electrons. The number of nitrogens with one attached hydrogen (secondary N) is 1. The Morgan fingerprint density at radius 2 is 2.05 bits per heavy atom. The first-order valence-electron chi connectivity index (χ1n) is 5.90. The summed E-state index contributed by atoms with van der Waals surface area (Å²) in [6, 6.07) is 9.19. The zero-order valence-electron chi connectivity index (χ0n) is 10.9. The number of benzene rings is 2. The van der Waals surface area contributed by atoms with Gasteiger partial charge < -0.3 is 5.32 Å². The number of rotatable bonds is 3. The standard InChI is InChI=1S/C14H10BrClN2O3/c1-8-3-2-4-12(13(8)15)17-14(19)10-6-5-9(18(20)21)7-11(10)16/h2-7H,1H3,(H,17,19). The van der Waals surface area contributed by atoms with Gasteiger partial charge in [0.15, 0.2) is 0 Å². The molecule has 21 heavy (non-hydrogen) atoms. The fourth-order valence-corrected chi connectivity index (χ4v) is 2.36. The third-order valence-corrected chi connectivity index (χ3v) is 4.21. The average Bonchev–Trinajstić information content (AvgIpc) is 2.43. The second kappa shape index (κ2) is 6.24. The van der Waals surface area contributed by atoms with Crippen LogP contribution in [-0.2, 0) is 0 Å². The number of nitro benzene ring substituents is 1. The number of carbonyl (C=O) groups excluding carboxylic acids is 1. The van der Waals surface area contributed by atoms with Crippen molar-refractivity contribution in [2.24, 2.45) is 0 Å². The summed E-state index contributed by atoms with van der Waals surface area (Å²) < 4.78 is 0.774. The van der Waals surface area contributed by atoms with Crippen LogP contribution in [0.5, 0.6) is 0 Å². The van der Waals surface area contributed by atoms with Gasteiger partial charge >= 0.3 is 0 Å². The number of nitro groups is 1. The van der Waals surface area contributed by atoms with Gasteiger partial charge in [-0.25, -0.2) is 0 Å². The van der Waals surface area contributed by atoms with Crippen LogP contribution in [0.2, 0.25) is 5.02 Å². The highest BCUT2D eigenvalue weighted by molar-refractivity contribution is 9.10. The largest absolute Gasteiger partial charge is 0.321 e. The maximum Gasteiger partial charge on any atom is 0.270 e. The minimum absolute atomic E-state index is 0.0328. The fraction of sp³-hybridized carbons (Fsp3) is 0.0714. The maximum atomic E-state index is 12.2. The molecule has 0 aromatic heterocycles. The number of nitrogens with zero attached hydrogens (tertiary/aromatic N) is 1. The van der Waals surface area contributed by atoms with Crippen LogP contribution in [0.15, 0.2) is 40.9 Å². The summed E-state index contributed by atoms with van der Waals surface area (Å²) in [4.78, 5) is 22.3. The van der Waals surface area contributed by atoms with Gasteiger partial charge in [-0.3, -0.25) is 14.9 Å². The number of hydrogen-bond acceptors (Lipinski definition) is 3. The number of non-ortho nitro benzene ring substituents is 1. The van der Waals surface area contributed by atoms with E-state index in [0.29, 0.717) is 5.69 Å². The summed E-state index contributed by atoms with van der Waals surface area (Å²) in [5.41, 5.74) is 1.60. The highest BCUT2D eigenvalue weighted by atomic mass is 79.9. The van der Waals surface area contributed by atoms with Crippen LogP contribution < -0.4 is 5.32 Å². The van der Waals surface area contributed by atoms with Gasteiger partial charge in [-0.1, -0.05) is 23.7 Å². The maximum absolute atomic E-state index is 12.2. The molecule has 0 spiro atoms. The molecule has 0 radical (unpaired) electrons. The van der Waals surface area contributed by atoms with E-state index in [1.54, 1.807) is 6.07 Å². The Labute approximate surface area is 134 Å². The van der Waals surface area contributed by atoms with Crippen molar-refractivity contribution in [3.63, 3.8) is 0 Å². The Kier molecular flexibility index (Phi) is 4.59. The molecule has 0 aliphatic rings. The van der Waals surface area contributed by atoms with Crippen molar-refractivity contribution in [2.75, 3.05) is 5.32 Å². The van der Waals surface area contributed by atoms with E-state index in [9.17, 15) is 14.9 Å². The number of hydrogen-bond donors (Lipinski definition) is 1. The van der Waals surface area contributed by atoms with Crippen LogP contribution in [0.25, 0.3) is 0 Å². The van der Waals surface area contributed by atoms with Gasteiger partial charge in [0.05, 0.1) is 21.2 Å². The fourth-order valence-electron chi connectivity index (χ4n) is 1.74. The van der Waals surface area contributed by atoms with Gasteiger partial charge in [0.1, 0.15) is 0 Å². The first kappa shape index (κ1) is 15.5. The molecule has 5 nitrogen and oxygen atoms in total. The lowest BCUT2D eigenvalue weighted by Crippen LogP contribution is -2.13. The molecule has 0 fully saturated rings. The van der Waals surface area contributed by atoms with Gasteiger partial charge in [0.25, 0.3) is 11.6 Å². The quantitative estimate of drug-likeness (QED) is 0.636. The summed E-state index contributed by atoms with van der Waals surface area (Å²) in [5.74, 6) is -0.429. The van der Waals surface area contributed by atoms with Crippen molar-refractivity contribution in [3.8, 4) is 0 Å². The number of carbonyl (C=O) groups is 1. The molecule has 0 unspecified atom stereocenters. The SMILES string of the molecule is Cc1cccc(NC(=O)c2ccc([N+](=O)[O-])cc2Cl)c1Br. The topological polar surface area (TPSA) is 72.2 Å². The monoisotopic (exact) mass is 368 g/mol. The Balaban J connectivity index is 2.29. The van der Waals surface area contributed by atoms with E-state index in [1.165, 1.54) is 12.1 Å². The van der Waals surface area contributed by atoms with E-state index in [2.05, 4.69) is 21.2 Å². The summed E-state index contributed by atoms with van der Waals surface area (Å²) in [6.45, 7) is 1.90. The van der Waals surface area contributed by atoms with E-state index in [1.807, 2.05) is 19.1 Å². The Morgan fingerprint density at radius 3 is 2.67 bits per heavy atom. The van der Waals surface area contributed by atoms with Crippen molar-refractivity contribution in [1.82, 2.24) is 0 Å². The van der Waals surface area contributed by atoms with Gasteiger partial charge in [0.2, 0.25) is 0 Å². The second-order valence-corrected chi connectivity index (χ2v) is 5.51. The molecule has 2 rings (SSSR count). The van der Waals surface area contributed by atoms with Crippen LogP contribution in [-0.4, -0.2) is 10.8 Å². The molecule has 2 aromatic rings. The third-order valence-electron chi connectivity index (χ3n) is 2.85. The Hall–Kier alpha value is -1.92. The second-order valence-electron chi connectivity index (χ2n) is 4.31. The number of amides is 1. The van der Waals surface area contributed by atoms with Gasteiger partial charge in [0, 0.05) is 16.6 Å². The molecule has 0 saturated carbocycles. The molecule has 0 atom stereocenters. The number of anilines is 1. The molecular formula is C14H10BrClN2O3. The van der Waals surface area contributed by atoms with Crippen LogP contribution in [0, 0.1) is 17.0 Å². The van der Waals surface area contributed by atoms with Crippen molar-refractivity contribution in [1.29, 1.82) is 0 Å². The van der Waals surface area contributed by atoms with E-state index in [0.717, 1.165) is 16.1 Å². The predicted molar refractivity (Wildman–Crippen MR) is 84.9 cm³/mol. The van der Waals surface area contributed by atoms with E-state index in [4.69, 9.17) is 11.6 Å². The van der Waals surface area contributed by atoms with Crippen LogP contribution >= 0.6 is 27.5 Å². The summed E-state index contributed by atoms with van der Waals surface area (Å²) in [5, 5.41) is 13.4. The Morgan fingerprint density at radius 1 is 1.33 bits per heavy atom. The molecule has 1 N–H and O–H groups in total. The lowest BCUT2D eigenvalue weighted by molar-refractivity contribution is -0.384. The van der Waals surface area contributed by atoms with Crippen LogP contribution in [0.3, 0.4) is 0 Å². The third kappa shape index (κ3) is 3.40. The molecule has 0 heterocycles. The lowest BCUT2D eigenvalue weighted by atomic mass is 10.1. The predicted octanol–water partition coefficient (Wildman–Crippen LogP) is 4.57. The molecule has 0 bridgehead atoms. The molecule has 7 heteroatoms. The zero-order valence-corrected chi connectivity index (χ0v) is 13.2. The molecule has 2 aromatic carbocycles. The van der Waals surface area contributed by atoms with Crippen molar-refractivity contribution >= 4 is 44.8 Å². The average molecular weight is 370 g/mol. The number of halogens is 2. The van der Waals surface area contributed by atoms with E-state index >= 15 is 0 Å². The summed E-state index contributed by atoms with van der Waals surface area (Å²) in [6.07, 6.45) is 0. The molecule has 0 aliphatic heterocycles. The van der Waals surface area contributed by atoms with E-state index < -0.39 is 10.8 Å². The molecule has 1 amide bonds. The first-order chi connectivity index (χ1) is 9.90. The Bertz CT molecular complexity index is 734. The minimum atomic E-state index is -0.565. The lowest BCUT2D eigenvalue weighted by Gasteiger charge is -2.10. The van der Waals surface area contributed by atoms with Crippen LogP contribution in [0.4, 0.5) is 11.4 Å². The molecule has 0 saturated heterocycles. The smallest absolute Gasteiger partial charge is 0.270 e. The highest BCUT2D eigenvalue weighted by Crippen LogP contribution is 2.28. The van der Waals surface area contributed by atoms with Crippen molar-refractivity contribution < 1.29 is 9.72 Å². The van der Waals surface area contributed by atoms with Gasteiger partial charge in [-0.15, -0.1) is 0 Å². The number of aryl methyl sites for hydroxylation is 1. The normalized spacial score (nSPS) is 10.2. The zero-order chi connectivity index (χ0) is 15.6. The first-order valence-corrected chi connectivity index (χ1v) is 7.07. The minimum Gasteiger partial charge on any atom is -0.321 e.